The molecule has 0 radical (unpaired) electrons. The second kappa shape index (κ2) is 8.69. The molecule has 1 aromatic carbocycles. The largest absolute Gasteiger partial charge is 0.491 e. The highest BCUT2D eigenvalue weighted by molar-refractivity contribution is 5.74. The molecule has 1 unspecified atom stereocenters. The fourth-order valence-corrected chi connectivity index (χ4v) is 2.11. The van der Waals surface area contributed by atoms with E-state index in [-0.39, 0.29) is 0 Å². The van der Waals surface area contributed by atoms with Crippen molar-refractivity contribution in [3.05, 3.63) is 18.2 Å². The first-order valence-corrected chi connectivity index (χ1v) is 7.42. The Morgan fingerprint density at radius 2 is 2.00 bits per heavy atom. The summed E-state index contributed by atoms with van der Waals surface area (Å²) in [6, 6.07) is 6.39. The fraction of sp³-hybridized carbons (Fsp3) is 0.625. The number of hydrogen-bond acceptors (Lipinski definition) is 4. The molecule has 0 saturated carbocycles. The van der Waals surface area contributed by atoms with Crippen LogP contribution in [0.1, 0.15) is 33.6 Å². The van der Waals surface area contributed by atoms with E-state index in [0.717, 1.165) is 36.5 Å². The van der Waals surface area contributed by atoms with E-state index in [1.54, 1.807) is 7.11 Å². The van der Waals surface area contributed by atoms with Crippen LogP contribution < -0.4 is 15.4 Å². The molecule has 4 heteroatoms. The molecule has 0 fully saturated rings. The van der Waals surface area contributed by atoms with Gasteiger partial charge in [-0.05, 0) is 31.9 Å². The number of rotatable bonds is 9. The van der Waals surface area contributed by atoms with E-state index in [1.807, 2.05) is 12.1 Å². The topological polar surface area (TPSA) is 47.7 Å². The Bertz CT molecular complexity index is 396. The van der Waals surface area contributed by atoms with Crippen LogP contribution in [0, 0.1) is 0 Å². The molecule has 4 nitrogen and oxygen atoms in total. The lowest BCUT2D eigenvalue weighted by atomic mass is 10.1. The van der Waals surface area contributed by atoms with Crippen LogP contribution in [0.3, 0.4) is 0 Å². The van der Waals surface area contributed by atoms with Crippen molar-refractivity contribution in [2.24, 2.45) is 0 Å². The number of nitrogens with zero attached hydrogens (tertiary/aromatic N) is 1. The Morgan fingerprint density at radius 3 is 2.60 bits per heavy atom. The maximum Gasteiger partial charge on any atom is 0.144 e. The maximum atomic E-state index is 6.28. The predicted molar refractivity (Wildman–Crippen MR) is 85.6 cm³/mol. The molecule has 0 spiro atoms. The molecule has 0 aliphatic rings. The monoisotopic (exact) mass is 280 g/mol. The summed E-state index contributed by atoms with van der Waals surface area (Å²) in [6.45, 7) is 8.67. The Hall–Kier alpha value is -1.42. The van der Waals surface area contributed by atoms with Gasteiger partial charge in [0, 0.05) is 19.7 Å². The highest BCUT2D eigenvalue weighted by Crippen LogP contribution is 2.33. The summed E-state index contributed by atoms with van der Waals surface area (Å²) >= 11 is 0. The lowest BCUT2D eigenvalue weighted by molar-refractivity contribution is 0.203. The van der Waals surface area contributed by atoms with Gasteiger partial charge in [-0.3, -0.25) is 0 Å². The smallest absolute Gasteiger partial charge is 0.144 e. The highest BCUT2D eigenvalue weighted by Gasteiger charge is 2.17. The minimum Gasteiger partial charge on any atom is -0.491 e. The second-order valence-corrected chi connectivity index (χ2v) is 4.98. The normalized spacial score (nSPS) is 12.2. The number of ether oxygens (including phenoxy) is 2. The third kappa shape index (κ3) is 4.30. The molecule has 0 aliphatic carbocycles. The maximum absolute atomic E-state index is 6.28. The molecule has 0 amide bonds. The van der Waals surface area contributed by atoms with Crippen molar-refractivity contribution in [1.82, 2.24) is 0 Å². The average Bonchev–Trinajstić information content (AvgIpc) is 2.47. The number of nitrogen functional groups attached to an aromatic ring is 1. The van der Waals surface area contributed by atoms with Crippen molar-refractivity contribution in [1.29, 1.82) is 0 Å². The lowest BCUT2D eigenvalue weighted by Crippen LogP contribution is -2.36. The van der Waals surface area contributed by atoms with Gasteiger partial charge in [-0.1, -0.05) is 19.9 Å². The van der Waals surface area contributed by atoms with Gasteiger partial charge in [0.15, 0.2) is 0 Å². The van der Waals surface area contributed by atoms with Gasteiger partial charge < -0.3 is 20.1 Å². The van der Waals surface area contributed by atoms with E-state index in [4.69, 9.17) is 15.2 Å². The van der Waals surface area contributed by atoms with Crippen molar-refractivity contribution in [3.63, 3.8) is 0 Å². The SMILES string of the molecule is CCCOc1cccc(N(CCOC)C(C)CC)c1N. The van der Waals surface area contributed by atoms with Crippen LogP contribution >= 0.6 is 0 Å². The van der Waals surface area contributed by atoms with Crippen molar-refractivity contribution in [3.8, 4) is 5.75 Å². The summed E-state index contributed by atoms with van der Waals surface area (Å²) in [7, 11) is 1.72. The van der Waals surface area contributed by atoms with Gasteiger partial charge in [-0.15, -0.1) is 0 Å². The van der Waals surface area contributed by atoms with Gasteiger partial charge in [0.1, 0.15) is 5.75 Å². The summed E-state index contributed by atoms with van der Waals surface area (Å²) in [5.41, 5.74) is 8.03. The molecular weight excluding hydrogens is 252 g/mol. The van der Waals surface area contributed by atoms with Crippen LogP contribution in [0.4, 0.5) is 11.4 Å². The van der Waals surface area contributed by atoms with Gasteiger partial charge in [0.2, 0.25) is 0 Å². The van der Waals surface area contributed by atoms with E-state index in [9.17, 15) is 0 Å². The highest BCUT2D eigenvalue weighted by atomic mass is 16.5. The van der Waals surface area contributed by atoms with E-state index in [1.165, 1.54) is 0 Å². The number of anilines is 2. The fourth-order valence-electron chi connectivity index (χ4n) is 2.11. The number of nitrogens with two attached hydrogens (primary N) is 1. The first-order chi connectivity index (χ1) is 9.65. The summed E-state index contributed by atoms with van der Waals surface area (Å²) in [5, 5.41) is 0. The molecule has 0 aromatic heterocycles. The Labute approximate surface area is 122 Å². The van der Waals surface area contributed by atoms with Gasteiger partial charge in [0.25, 0.3) is 0 Å². The van der Waals surface area contributed by atoms with Crippen LogP contribution in [0.15, 0.2) is 18.2 Å². The standard InChI is InChI=1S/C16H28N2O2/c1-5-11-20-15-9-7-8-14(16(15)17)18(10-12-19-4)13(3)6-2/h7-9,13H,5-6,10-12,17H2,1-4H3. The van der Waals surface area contributed by atoms with Gasteiger partial charge >= 0.3 is 0 Å². The Balaban J connectivity index is 2.99. The molecule has 1 aromatic rings. The molecule has 0 saturated heterocycles. The third-order valence-electron chi connectivity index (χ3n) is 3.47. The molecule has 2 N–H and O–H groups in total. The van der Waals surface area contributed by atoms with E-state index in [2.05, 4.69) is 31.7 Å². The zero-order valence-electron chi connectivity index (χ0n) is 13.2. The summed E-state index contributed by atoms with van der Waals surface area (Å²) in [4.78, 5) is 2.29. The first kappa shape index (κ1) is 16.6. The van der Waals surface area contributed by atoms with E-state index >= 15 is 0 Å². The number of benzene rings is 1. The molecule has 20 heavy (non-hydrogen) atoms. The molecular formula is C16H28N2O2. The van der Waals surface area contributed by atoms with Gasteiger partial charge in [-0.25, -0.2) is 0 Å². The van der Waals surface area contributed by atoms with Crippen molar-refractivity contribution >= 4 is 11.4 Å². The van der Waals surface area contributed by atoms with E-state index < -0.39 is 0 Å². The Kier molecular flexibility index (Phi) is 7.23. The summed E-state index contributed by atoms with van der Waals surface area (Å²) < 4.78 is 10.9. The van der Waals surface area contributed by atoms with Gasteiger partial charge in [0.05, 0.1) is 24.6 Å². The van der Waals surface area contributed by atoms with Crippen LogP contribution in [0.25, 0.3) is 0 Å². The van der Waals surface area contributed by atoms with Crippen LogP contribution in [0.5, 0.6) is 5.75 Å². The molecule has 0 aliphatic heterocycles. The second-order valence-electron chi connectivity index (χ2n) is 4.98. The van der Waals surface area contributed by atoms with Crippen molar-refractivity contribution in [2.45, 2.75) is 39.7 Å². The number of methoxy groups -OCH3 is 1. The molecule has 0 bridgehead atoms. The first-order valence-electron chi connectivity index (χ1n) is 7.42. The molecule has 1 atom stereocenters. The Morgan fingerprint density at radius 1 is 1.25 bits per heavy atom. The summed E-state index contributed by atoms with van der Waals surface area (Å²) in [5.74, 6) is 0.773. The zero-order valence-corrected chi connectivity index (χ0v) is 13.2. The van der Waals surface area contributed by atoms with Crippen LogP contribution in [0.2, 0.25) is 0 Å². The quantitative estimate of drug-likeness (QED) is 0.705. The van der Waals surface area contributed by atoms with Gasteiger partial charge in [-0.2, -0.15) is 0 Å². The van der Waals surface area contributed by atoms with E-state index in [0.29, 0.717) is 19.3 Å². The number of para-hydroxylation sites is 1. The van der Waals surface area contributed by atoms with Crippen molar-refractivity contribution in [2.75, 3.05) is 37.5 Å². The minimum atomic E-state index is 0.411. The molecule has 1 rings (SSSR count). The minimum absolute atomic E-state index is 0.411. The zero-order chi connectivity index (χ0) is 15.0. The van der Waals surface area contributed by atoms with Crippen LogP contribution in [-0.4, -0.2) is 32.9 Å². The lowest BCUT2D eigenvalue weighted by Gasteiger charge is -2.32. The average molecular weight is 280 g/mol. The van der Waals surface area contributed by atoms with Crippen LogP contribution in [-0.2, 0) is 4.74 Å². The molecule has 0 heterocycles. The summed E-state index contributed by atoms with van der Waals surface area (Å²) in [6.07, 6.45) is 2.03. The predicted octanol–water partition coefficient (Wildman–Crippen LogP) is 3.31. The van der Waals surface area contributed by atoms with Crippen molar-refractivity contribution < 1.29 is 9.47 Å². The molecule has 114 valence electrons. The third-order valence-corrected chi connectivity index (χ3v) is 3.47. The number of hydrogen-bond donors (Lipinski definition) is 1.